The van der Waals surface area contributed by atoms with Crippen molar-refractivity contribution in [2.45, 2.75) is 6.42 Å². The fourth-order valence-electron chi connectivity index (χ4n) is 4.32. The van der Waals surface area contributed by atoms with Crippen LogP contribution < -0.4 is 15.4 Å². The summed E-state index contributed by atoms with van der Waals surface area (Å²) < 4.78 is 33.9. The summed E-state index contributed by atoms with van der Waals surface area (Å²) in [6.07, 6.45) is 1.08. The zero-order valence-corrected chi connectivity index (χ0v) is 19.1. The smallest absolute Gasteiger partial charge is 0.223 e. The molecule has 35 heavy (non-hydrogen) atoms. The first kappa shape index (κ1) is 22.7. The summed E-state index contributed by atoms with van der Waals surface area (Å²) in [6.45, 7) is 9.80. The topological polar surface area (TPSA) is 63.4 Å². The summed E-state index contributed by atoms with van der Waals surface area (Å²) in [6, 6.07) is 14.8. The van der Waals surface area contributed by atoms with Crippen LogP contribution in [0.4, 0.5) is 20.4 Å². The number of nitrogens with zero attached hydrogens (tertiary/aromatic N) is 3. The van der Waals surface area contributed by atoms with Gasteiger partial charge in [0.15, 0.2) is 11.6 Å². The van der Waals surface area contributed by atoms with Crippen LogP contribution in [0.5, 0.6) is 5.75 Å². The summed E-state index contributed by atoms with van der Waals surface area (Å²) in [5.41, 5.74) is 3.13. The number of hydrogen-bond donors (Lipinski definition) is 2. The molecule has 5 rings (SSSR count). The lowest BCUT2D eigenvalue weighted by Gasteiger charge is -2.14. The monoisotopic (exact) mass is 471 g/mol. The number of ether oxygens (including phenoxy) is 1. The Labute approximate surface area is 201 Å². The van der Waals surface area contributed by atoms with Crippen LogP contribution in [-0.2, 0) is 0 Å². The molecule has 0 aliphatic carbocycles. The second-order valence-electron chi connectivity index (χ2n) is 8.49. The molecule has 3 aromatic carbocycles. The quantitative estimate of drug-likeness (QED) is 0.347. The number of hydrogen-bond acceptors (Lipinski definition) is 5. The third-order valence-corrected chi connectivity index (χ3v) is 6.23. The Morgan fingerprint density at radius 3 is 2.51 bits per heavy atom. The fraction of sp³-hybridized carbons (Fsp3) is 0.222. The number of nitrogens with one attached hydrogen (secondary N) is 2. The van der Waals surface area contributed by atoms with Crippen LogP contribution in [0.3, 0.4) is 0 Å². The third kappa shape index (κ3) is 4.63. The Balaban J connectivity index is 1.61. The van der Waals surface area contributed by atoms with Crippen LogP contribution in [0.15, 0.2) is 54.6 Å². The molecule has 1 aliphatic heterocycles. The molecule has 0 unspecified atom stereocenters. The van der Waals surface area contributed by atoms with E-state index >= 15 is 0 Å². The summed E-state index contributed by atoms with van der Waals surface area (Å²) >= 11 is 0. The van der Waals surface area contributed by atoms with E-state index in [-0.39, 0.29) is 11.4 Å². The van der Waals surface area contributed by atoms with Crippen molar-refractivity contribution >= 4 is 22.5 Å². The number of halogens is 2. The maximum Gasteiger partial charge on any atom is 0.223 e. The lowest BCUT2D eigenvalue weighted by atomic mass is 10.00. The molecule has 1 aliphatic rings. The predicted molar refractivity (Wildman–Crippen MR) is 133 cm³/mol. The lowest BCUT2D eigenvalue weighted by molar-refractivity contribution is 0.386. The number of anilines is 1. The van der Waals surface area contributed by atoms with E-state index in [1.165, 1.54) is 25.3 Å². The molecule has 176 valence electrons. The van der Waals surface area contributed by atoms with E-state index < -0.39 is 11.6 Å². The van der Waals surface area contributed by atoms with Gasteiger partial charge < -0.3 is 15.4 Å². The minimum Gasteiger partial charge on any atom is -0.494 e. The number of aromatic nitrogens is 2. The van der Waals surface area contributed by atoms with E-state index in [9.17, 15) is 8.78 Å². The highest BCUT2D eigenvalue weighted by molar-refractivity contribution is 5.96. The number of rotatable bonds is 6. The molecular weight excluding hydrogens is 448 g/mol. The fourth-order valence-corrected chi connectivity index (χ4v) is 4.32. The molecule has 2 heterocycles. The molecule has 0 saturated carbocycles. The predicted octanol–water partition coefficient (Wildman–Crippen LogP) is 5.82. The van der Waals surface area contributed by atoms with Gasteiger partial charge in [-0.05, 0) is 66.9 Å². The van der Waals surface area contributed by atoms with Crippen molar-refractivity contribution in [3.8, 4) is 28.1 Å². The molecule has 1 fully saturated rings. The van der Waals surface area contributed by atoms with Crippen LogP contribution in [0.25, 0.3) is 38.1 Å². The molecule has 2 N–H and O–H groups in total. The first-order valence-electron chi connectivity index (χ1n) is 11.3. The van der Waals surface area contributed by atoms with Gasteiger partial charge in [-0.3, -0.25) is 0 Å². The normalized spacial score (nSPS) is 15.2. The Hall–Kier alpha value is -4.09. The van der Waals surface area contributed by atoms with Crippen LogP contribution in [-0.4, -0.2) is 36.7 Å². The highest BCUT2D eigenvalue weighted by Gasteiger charge is 2.17. The van der Waals surface area contributed by atoms with Crippen molar-refractivity contribution in [3.05, 3.63) is 77.6 Å². The lowest BCUT2D eigenvalue weighted by Crippen LogP contribution is -2.18. The molecule has 1 saturated heterocycles. The minimum absolute atomic E-state index is 0.0476. The highest BCUT2D eigenvalue weighted by atomic mass is 19.1. The van der Waals surface area contributed by atoms with Gasteiger partial charge in [0.2, 0.25) is 11.6 Å². The van der Waals surface area contributed by atoms with Gasteiger partial charge in [0.05, 0.1) is 24.9 Å². The Morgan fingerprint density at radius 1 is 1.03 bits per heavy atom. The molecular formula is C27H23F2N5O. The van der Waals surface area contributed by atoms with Crippen molar-refractivity contribution in [2.24, 2.45) is 5.92 Å². The van der Waals surface area contributed by atoms with Gasteiger partial charge in [-0.1, -0.05) is 24.3 Å². The van der Waals surface area contributed by atoms with Crippen molar-refractivity contribution in [2.75, 3.05) is 32.1 Å². The maximum absolute atomic E-state index is 14.5. The molecule has 0 bridgehead atoms. The van der Waals surface area contributed by atoms with E-state index in [2.05, 4.69) is 20.5 Å². The van der Waals surface area contributed by atoms with Crippen molar-refractivity contribution in [1.29, 1.82) is 0 Å². The van der Waals surface area contributed by atoms with E-state index in [0.29, 0.717) is 39.6 Å². The van der Waals surface area contributed by atoms with Crippen molar-refractivity contribution in [3.63, 3.8) is 0 Å². The molecule has 6 nitrogen and oxygen atoms in total. The first-order chi connectivity index (χ1) is 17.1. The summed E-state index contributed by atoms with van der Waals surface area (Å²) in [5.74, 6) is 0.0448. The van der Waals surface area contributed by atoms with E-state index in [1.54, 1.807) is 18.2 Å². The standard InChI is InChI=1S/C27H23F2N5O/c1-30-24-7-4-19(13-21(24)28)26-20-11-17(18-5-8-25(35-2)22(29)12-18)3-6-23(20)33-27(34-26)32-15-16-9-10-31-14-16/h3-8,11-13,16,31H,9-10,14-15H2,2H3,(H,32,33,34)/t16-/m1/s1. The van der Waals surface area contributed by atoms with Gasteiger partial charge in [-0.25, -0.2) is 23.6 Å². The van der Waals surface area contributed by atoms with Gasteiger partial charge in [-0.2, -0.15) is 0 Å². The Morgan fingerprint density at radius 2 is 1.80 bits per heavy atom. The summed E-state index contributed by atoms with van der Waals surface area (Å²) in [4.78, 5) is 12.6. The van der Waals surface area contributed by atoms with Gasteiger partial charge in [0.1, 0.15) is 5.82 Å². The highest BCUT2D eigenvalue weighted by Crippen LogP contribution is 2.34. The number of fused-ring (bicyclic) bond motifs is 1. The van der Waals surface area contributed by atoms with Gasteiger partial charge in [-0.15, -0.1) is 0 Å². The molecule has 0 radical (unpaired) electrons. The molecule has 1 aromatic heterocycles. The van der Waals surface area contributed by atoms with Gasteiger partial charge in [0.25, 0.3) is 0 Å². The maximum atomic E-state index is 14.5. The van der Waals surface area contributed by atoms with Gasteiger partial charge in [0, 0.05) is 17.5 Å². The van der Waals surface area contributed by atoms with E-state index in [4.69, 9.17) is 16.3 Å². The Kier molecular flexibility index (Phi) is 6.25. The molecule has 1 atom stereocenters. The van der Waals surface area contributed by atoms with E-state index in [0.717, 1.165) is 31.6 Å². The van der Waals surface area contributed by atoms with Crippen LogP contribution in [0.2, 0.25) is 0 Å². The third-order valence-electron chi connectivity index (χ3n) is 6.23. The number of benzene rings is 3. The second kappa shape index (κ2) is 9.65. The van der Waals surface area contributed by atoms with Crippen molar-refractivity contribution in [1.82, 2.24) is 15.3 Å². The number of methoxy groups -OCH3 is 1. The minimum atomic E-state index is -0.607. The van der Waals surface area contributed by atoms with Crippen LogP contribution in [0, 0.1) is 24.1 Å². The Bertz CT molecular complexity index is 1440. The van der Waals surface area contributed by atoms with Crippen molar-refractivity contribution < 1.29 is 13.5 Å². The van der Waals surface area contributed by atoms with Crippen LogP contribution >= 0.6 is 0 Å². The SMILES string of the molecule is [C-]#[N+]c1ccc(-c2nc(NC[C@@H]3CCNC3)nc3ccc(-c4ccc(OC)c(F)c4)cc23)cc1F. The summed E-state index contributed by atoms with van der Waals surface area (Å²) in [5, 5.41) is 7.36. The summed E-state index contributed by atoms with van der Waals surface area (Å²) in [7, 11) is 1.42. The zero-order valence-electron chi connectivity index (χ0n) is 19.1. The molecule has 0 amide bonds. The average molecular weight is 472 g/mol. The average Bonchev–Trinajstić information content (AvgIpc) is 3.40. The molecule has 0 spiro atoms. The second-order valence-corrected chi connectivity index (χ2v) is 8.49. The zero-order chi connectivity index (χ0) is 24.4. The molecule has 8 heteroatoms. The molecule has 4 aromatic rings. The van der Waals surface area contributed by atoms with Crippen LogP contribution in [0.1, 0.15) is 6.42 Å². The van der Waals surface area contributed by atoms with E-state index in [1.807, 2.05) is 18.2 Å². The largest absolute Gasteiger partial charge is 0.494 e. The van der Waals surface area contributed by atoms with Gasteiger partial charge >= 0.3 is 0 Å². The first-order valence-corrected chi connectivity index (χ1v) is 11.3.